The molecular formula is C13H19NO2. The number of aryl methyl sites for hydroxylation is 1. The Labute approximate surface area is 96.8 Å². The Bertz CT molecular complexity index is 380. The van der Waals surface area contributed by atoms with Crippen LogP contribution in [0.1, 0.15) is 44.7 Å². The lowest BCUT2D eigenvalue weighted by Gasteiger charge is -2.22. The van der Waals surface area contributed by atoms with E-state index < -0.39 is 5.60 Å². The molecule has 0 aromatic carbocycles. The zero-order valence-electron chi connectivity index (χ0n) is 10.6. The first kappa shape index (κ1) is 12.7. The second kappa shape index (κ2) is 4.64. The van der Waals surface area contributed by atoms with Crippen LogP contribution in [0.25, 0.3) is 0 Å². The number of carbonyl (C=O) groups is 1. The van der Waals surface area contributed by atoms with Crippen LogP contribution < -0.4 is 0 Å². The van der Waals surface area contributed by atoms with Crippen molar-refractivity contribution in [1.82, 2.24) is 4.98 Å². The number of esters is 1. The molecule has 1 unspecified atom stereocenters. The highest BCUT2D eigenvalue weighted by molar-refractivity contribution is 5.78. The quantitative estimate of drug-likeness (QED) is 0.721. The van der Waals surface area contributed by atoms with Crippen molar-refractivity contribution in [2.24, 2.45) is 0 Å². The number of carbonyl (C=O) groups excluding carboxylic acids is 1. The molecule has 0 aliphatic heterocycles. The zero-order valence-corrected chi connectivity index (χ0v) is 10.6. The highest BCUT2D eigenvalue weighted by Crippen LogP contribution is 2.22. The molecule has 0 aliphatic rings. The van der Waals surface area contributed by atoms with Gasteiger partial charge in [0.25, 0.3) is 0 Å². The van der Waals surface area contributed by atoms with Crippen LogP contribution >= 0.6 is 0 Å². The van der Waals surface area contributed by atoms with E-state index in [1.807, 2.05) is 40.7 Å². The second-order valence-corrected chi connectivity index (χ2v) is 4.99. The number of nitrogens with zero attached hydrogens (tertiary/aromatic N) is 1. The number of pyridine rings is 1. The van der Waals surface area contributed by atoms with Gasteiger partial charge in [-0.1, -0.05) is 0 Å². The molecule has 0 radical (unpaired) electrons. The molecule has 0 saturated carbocycles. The molecular weight excluding hydrogens is 202 g/mol. The van der Waals surface area contributed by atoms with E-state index in [2.05, 4.69) is 4.98 Å². The Hall–Kier alpha value is -1.38. The molecule has 0 bridgehead atoms. The van der Waals surface area contributed by atoms with Crippen LogP contribution in [0.2, 0.25) is 0 Å². The first-order chi connectivity index (χ1) is 7.31. The zero-order chi connectivity index (χ0) is 12.3. The fraction of sp³-hybridized carbons (Fsp3) is 0.538. The van der Waals surface area contributed by atoms with Gasteiger partial charge in [0.15, 0.2) is 0 Å². The van der Waals surface area contributed by atoms with Gasteiger partial charge >= 0.3 is 5.97 Å². The molecule has 3 nitrogen and oxygen atoms in total. The molecule has 0 fully saturated rings. The van der Waals surface area contributed by atoms with Gasteiger partial charge in [0.2, 0.25) is 0 Å². The molecule has 0 amide bonds. The molecule has 0 saturated heterocycles. The van der Waals surface area contributed by atoms with Crippen LogP contribution in [0.5, 0.6) is 0 Å². The lowest BCUT2D eigenvalue weighted by Crippen LogP contribution is -2.27. The molecule has 0 spiro atoms. The van der Waals surface area contributed by atoms with Crippen molar-refractivity contribution in [1.29, 1.82) is 0 Å². The van der Waals surface area contributed by atoms with E-state index in [0.29, 0.717) is 0 Å². The third-order valence-corrected chi connectivity index (χ3v) is 2.29. The average Bonchev–Trinajstić information content (AvgIpc) is 2.15. The summed E-state index contributed by atoms with van der Waals surface area (Å²) in [6, 6.07) is 1.86. The summed E-state index contributed by atoms with van der Waals surface area (Å²) in [5.41, 5.74) is 1.55. The fourth-order valence-corrected chi connectivity index (χ4v) is 1.49. The van der Waals surface area contributed by atoms with Gasteiger partial charge in [-0.25, -0.2) is 0 Å². The van der Waals surface area contributed by atoms with Crippen molar-refractivity contribution < 1.29 is 9.53 Å². The van der Waals surface area contributed by atoms with E-state index in [9.17, 15) is 4.79 Å². The normalized spacial score (nSPS) is 13.3. The third kappa shape index (κ3) is 3.33. The maximum absolute atomic E-state index is 11.9. The van der Waals surface area contributed by atoms with Crippen LogP contribution in [0, 0.1) is 6.92 Å². The summed E-state index contributed by atoms with van der Waals surface area (Å²) in [5, 5.41) is 0. The summed E-state index contributed by atoms with van der Waals surface area (Å²) < 4.78 is 5.35. The van der Waals surface area contributed by atoms with Gasteiger partial charge in [0, 0.05) is 12.4 Å². The van der Waals surface area contributed by atoms with Gasteiger partial charge in [-0.15, -0.1) is 0 Å². The molecule has 3 heteroatoms. The summed E-state index contributed by atoms with van der Waals surface area (Å²) in [4.78, 5) is 15.9. The van der Waals surface area contributed by atoms with Crippen LogP contribution in [-0.2, 0) is 9.53 Å². The maximum atomic E-state index is 11.9. The number of ether oxygens (including phenoxy) is 1. The van der Waals surface area contributed by atoms with Crippen LogP contribution in [-0.4, -0.2) is 16.6 Å². The largest absolute Gasteiger partial charge is 0.460 e. The highest BCUT2D eigenvalue weighted by Gasteiger charge is 2.23. The van der Waals surface area contributed by atoms with Gasteiger partial charge < -0.3 is 4.74 Å². The first-order valence-electron chi connectivity index (χ1n) is 5.44. The molecule has 16 heavy (non-hydrogen) atoms. The minimum Gasteiger partial charge on any atom is -0.460 e. The van der Waals surface area contributed by atoms with Gasteiger partial charge in [0.05, 0.1) is 5.92 Å². The number of hydrogen-bond acceptors (Lipinski definition) is 3. The monoisotopic (exact) mass is 221 g/mol. The average molecular weight is 221 g/mol. The SMILES string of the molecule is Cc1cnccc1C(C)C(=O)OC(C)(C)C. The first-order valence-corrected chi connectivity index (χ1v) is 5.44. The summed E-state index contributed by atoms with van der Waals surface area (Å²) in [5.74, 6) is -0.441. The van der Waals surface area contributed by atoms with E-state index in [4.69, 9.17) is 4.74 Å². The standard InChI is InChI=1S/C13H19NO2/c1-9-8-14-7-6-11(9)10(2)12(15)16-13(3,4)5/h6-8,10H,1-5H3. The Balaban J connectivity index is 2.83. The number of aromatic nitrogens is 1. The predicted octanol–water partition coefficient (Wildman–Crippen LogP) is 2.84. The predicted molar refractivity (Wildman–Crippen MR) is 63.2 cm³/mol. The molecule has 1 aromatic rings. The minimum atomic E-state index is -0.438. The summed E-state index contributed by atoms with van der Waals surface area (Å²) in [7, 11) is 0. The Morgan fingerprint density at radius 2 is 2.06 bits per heavy atom. The Morgan fingerprint density at radius 1 is 1.44 bits per heavy atom. The van der Waals surface area contributed by atoms with Gasteiger partial charge in [-0.2, -0.15) is 0 Å². The molecule has 0 aliphatic carbocycles. The smallest absolute Gasteiger partial charge is 0.313 e. The van der Waals surface area contributed by atoms with E-state index in [1.54, 1.807) is 12.4 Å². The summed E-state index contributed by atoms with van der Waals surface area (Å²) >= 11 is 0. The number of hydrogen-bond donors (Lipinski definition) is 0. The Kier molecular flexibility index (Phi) is 3.68. The second-order valence-electron chi connectivity index (χ2n) is 4.99. The molecule has 1 rings (SSSR count). The maximum Gasteiger partial charge on any atom is 0.313 e. The Morgan fingerprint density at radius 3 is 2.56 bits per heavy atom. The minimum absolute atomic E-state index is 0.193. The van der Waals surface area contributed by atoms with E-state index in [-0.39, 0.29) is 11.9 Å². The molecule has 1 heterocycles. The molecule has 1 atom stereocenters. The van der Waals surface area contributed by atoms with Gasteiger partial charge in [-0.05, 0) is 51.8 Å². The summed E-state index contributed by atoms with van der Waals surface area (Å²) in [6.45, 7) is 9.42. The van der Waals surface area contributed by atoms with Crippen molar-refractivity contribution in [3.8, 4) is 0 Å². The molecule has 0 N–H and O–H groups in total. The third-order valence-electron chi connectivity index (χ3n) is 2.29. The summed E-state index contributed by atoms with van der Waals surface area (Å²) in [6.07, 6.45) is 3.46. The van der Waals surface area contributed by atoms with Crippen LogP contribution in [0.4, 0.5) is 0 Å². The topological polar surface area (TPSA) is 39.2 Å². The molecule has 88 valence electrons. The fourth-order valence-electron chi connectivity index (χ4n) is 1.49. The van der Waals surface area contributed by atoms with Gasteiger partial charge in [-0.3, -0.25) is 9.78 Å². The van der Waals surface area contributed by atoms with Crippen molar-refractivity contribution >= 4 is 5.97 Å². The lowest BCUT2D eigenvalue weighted by molar-refractivity contribution is -0.156. The number of rotatable bonds is 2. The van der Waals surface area contributed by atoms with E-state index in [1.165, 1.54) is 0 Å². The van der Waals surface area contributed by atoms with Crippen molar-refractivity contribution in [2.75, 3.05) is 0 Å². The van der Waals surface area contributed by atoms with Crippen molar-refractivity contribution in [3.63, 3.8) is 0 Å². The van der Waals surface area contributed by atoms with Crippen LogP contribution in [0.15, 0.2) is 18.5 Å². The van der Waals surface area contributed by atoms with Crippen molar-refractivity contribution in [3.05, 3.63) is 29.6 Å². The van der Waals surface area contributed by atoms with E-state index in [0.717, 1.165) is 11.1 Å². The highest BCUT2D eigenvalue weighted by atomic mass is 16.6. The van der Waals surface area contributed by atoms with Crippen LogP contribution in [0.3, 0.4) is 0 Å². The van der Waals surface area contributed by atoms with Gasteiger partial charge in [0.1, 0.15) is 5.60 Å². The van der Waals surface area contributed by atoms with Crippen molar-refractivity contribution in [2.45, 2.75) is 46.1 Å². The van der Waals surface area contributed by atoms with E-state index >= 15 is 0 Å². The lowest BCUT2D eigenvalue weighted by atomic mass is 9.98. The molecule has 1 aromatic heterocycles.